The lowest BCUT2D eigenvalue weighted by molar-refractivity contribution is 0.669. The molecular formula is C37H29NO. The molecule has 0 amide bonds. The fourth-order valence-corrected chi connectivity index (χ4v) is 5.36. The van der Waals surface area contributed by atoms with E-state index in [0.29, 0.717) is 0 Å². The molecule has 1 N–H and O–H groups in total. The molecule has 2 nitrogen and oxygen atoms in total. The van der Waals surface area contributed by atoms with Gasteiger partial charge in [-0.15, -0.1) is 0 Å². The van der Waals surface area contributed by atoms with Crippen molar-refractivity contribution in [2.24, 2.45) is 0 Å². The molecule has 0 aliphatic carbocycles. The van der Waals surface area contributed by atoms with E-state index in [1.54, 1.807) is 0 Å². The zero-order chi connectivity index (χ0) is 26.8. The summed E-state index contributed by atoms with van der Waals surface area (Å²) in [5.41, 5.74) is 12.1. The van der Waals surface area contributed by atoms with Crippen molar-refractivity contribution in [2.75, 3.05) is 0 Å². The molecule has 6 rings (SSSR count). The van der Waals surface area contributed by atoms with Gasteiger partial charge in [0, 0.05) is 22.6 Å². The summed E-state index contributed by atoms with van der Waals surface area (Å²) in [7, 11) is 0. The Morgan fingerprint density at radius 1 is 0.641 bits per heavy atom. The Morgan fingerprint density at radius 3 is 1.95 bits per heavy atom. The summed E-state index contributed by atoms with van der Waals surface area (Å²) in [6.07, 6.45) is 7.80. The predicted molar refractivity (Wildman–Crippen MR) is 166 cm³/mol. The van der Waals surface area contributed by atoms with Gasteiger partial charge >= 0.3 is 0 Å². The highest BCUT2D eigenvalue weighted by Crippen LogP contribution is 2.35. The normalized spacial score (nSPS) is 12.0. The van der Waals surface area contributed by atoms with Crippen LogP contribution in [0.2, 0.25) is 0 Å². The quantitative estimate of drug-likeness (QED) is 0.178. The molecule has 1 aromatic heterocycles. The van der Waals surface area contributed by atoms with Gasteiger partial charge in [0.15, 0.2) is 0 Å². The third-order valence-electron chi connectivity index (χ3n) is 7.33. The minimum Gasteiger partial charge on any atom is -0.456 e. The number of rotatable bonds is 6. The van der Waals surface area contributed by atoms with Crippen LogP contribution in [-0.2, 0) is 0 Å². The van der Waals surface area contributed by atoms with Gasteiger partial charge in [0.05, 0.1) is 0 Å². The maximum absolute atomic E-state index is 7.81. The van der Waals surface area contributed by atoms with Crippen LogP contribution in [0.3, 0.4) is 0 Å². The number of fused-ring (bicyclic) bond motifs is 3. The van der Waals surface area contributed by atoms with Crippen LogP contribution in [0.15, 0.2) is 132 Å². The largest absolute Gasteiger partial charge is 0.456 e. The van der Waals surface area contributed by atoms with E-state index in [1.807, 2.05) is 24.3 Å². The molecule has 0 saturated carbocycles. The second-order valence-corrected chi connectivity index (χ2v) is 9.62. The number of hydrogen-bond donors (Lipinski definition) is 1. The van der Waals surface area contributed by atoms with Gasteiger partial charge in [-0.25, -0.2) is 0 Å². The lowest BCUT2D eigenvalue weighted by atomic mass is 9.92. The maximum Gasteiger partial charge on any atom is 0.136 e. The van der Waals surface area contributed by atoms with Crippen molar-refractivity contribution >= 4 is 33.7 Å². The van der Waals surface area contributed by atoms with Crippen molar-refractivity contribution in [1.82, 2.24) is 0 Å². The fraction of sp³-hybridized carbons (Fsp3) is 0.0541. The van der Waals surface area contributed by atoms with E-state index in [-0.39, 0.29) is 0 Å². The molecular weight excluding hydrogens is 474 g/mol. The van der Waals surface area contributed by atoms with Crippen LogP contribution in [0.25, 0.3) is 60.9 Å². The SMILES string of the molecule is C/C=C\C(=C/C)c1ccccc1-c1ccc(-c2ccc(-c3ccc4oc5cccc(C=N)c5c4c3)cc2)cc1. The number of nitrogens with one attached hydrogen (secondary N) is 1. The third kappa shape index (κ3) is 4.51. The maximum atomic E-state index is 7.81. The molecule has 5 aromatic carbocycles. The molecule has 39 heavy (non-hydrogen) atoms. The Kier molecular flexibility index (Phi) is 6.52. The minimum atomic E-state index is 0.813. The van der Waals surface area contributed by atoms with Gasteiger partial charge in [0.2, 0.25) is 0 Å². The van der Waals surface area contributed by atoms with Crippen molar-refractivity contribution in [3.8, 4) is 33.4 Å². The Morgan fingerprint density at radius 2 is 1.28 bits per heavy atom. The third-order valence-corrected chi connectivity index (χ3v) is 7.33. The highest BCUT2D eigenvalue weighted by molar-refractivity contribution is 6.13. The van der Waals surface area contributed by atoms with Crippen LogP contribution in [0.4, 0.5) is 0 Å². The van der Waals surface area contributed by atoms with Gasteiger partial charge in [-0.3, -0.25) is 0 Å². The first kappa shape index (κ1) is 24.4. The molecule has 188 valence electrons. The number of benzene rings is 5. The summed E-state index contributed by atoms with van der Waals surface area (Å²) in [5.74, 6) is 0. The molecule has 0 aliphatic heterocycles. The van der Waals surface area contributed by atoms with E-state index >= 15 is 0 Å². The molecule has 6 aromatic rings. The van der Waals surface area contributed by atoms with Crippen molar-refractivity contribution in [3.05, 3.63) is 139 Å². The predicted octanol–water partition coefficient (Wildman–Crippen LogP) is 10.6. The van der Waals surface area contributed by atoms with Crippen LogP contribution in [-0.4, -0.2) is 6.21 Å². The number of hydrogen-bond acceptors (Lipinski definition) is 2. The van der Waals surface area contributed by atoms with Crippen LogP contribution < -0.4 is 0 Å². The summed E-state index contributed by atoms with van der Waals surface area (Å²) in [6, 6.07) is 38.3. The summed E-state index contributed by atoms with van der Waals surface area (Å²) in [4.78, 5) is 0. The smallest absolute Gasteiger partial charge is 0.136 e. The van der Waals surface area contributed by atoms with Gasteiger partial charge in [-0.1, -0.05) is 109 Å². The van der Waals surface area contributed by atoms with Crippen LogP contribution >= 0.6 is 0 Å². The van der Waals surface area contributed by atoms with E-state index < -0.39 is 0 Å². The Hall–Kier alpha value is -4.95. The molecule has 0 saturated heterocycles. The van der Waals surface area contributed by atoms with Gasteiger partial charge in [0.1, 0.15) is 11.2 Å². The summed E-state index contributed by atoms with van der Waals surface area (Å²) >= 11 is 0. The Balaban J connectivity index is 1.31. The van der Waals surface area contributed by atoms with Crippen molar-refractivity contribution in [1.29, 1.82) is 5.41 Å². The highest BCUT2D eigenvalue weighted by Gasteiger charge is 2.12. The van der Waals surface area contributed by atoms with E-state index in [9.17, 15) is 0 Å². The lowest BCUT2D eigenvalue weighted by Gasteiger charge is -2.12. The van der Waals surface area contributed by atoms with Crippen molar-refractivity contribution in [2.45, 2.75) is 13.8 Å². The van der Waals surface area contributed by atoms with Crippen LogP contribution in [0, 0.1) is 5.41 Å². The Bertz CT molecular complexity index is 1870. The second-order valence-electron chi connectivity index (χ2n) is 9.62. The molecule has 2 heteroatoms. The first-order valence-corrected chi connectivity index (χ1v) is 13.3. The van der Waals surface area contributed by atoms with Crippen molar-refractivity contribution in [3.63, 3.8) is 0 Å². The zero-order valence-electron chi connectivity index (χ0n) is 22.1. The average molecular weight is 504 g/mol. The summed E-state index contributed by atoms with van der Waals surface area (Å²) < 4.78 is 6.03. The van der Waals surface area contributed by atoms with E-state index in [4.69, 9.17) is 9.83 Å². The first-order valence-electron chi connectivity index (χ1n) is 13.3. The van der Waals surface area contributed by atoms with Gasteiger partial charge in [-0.2, -0.15) is 0 Å². The molecule has 0 fully saturated rings. The minimum absolute atomic E-state index is 0.813. The molecule has 0 unspecified atom stereocenters. The van der Waals surface area contributed by atoms with E-state index in [0.717, 1.165) is 38.6 Å². The molecule has 0 spiro atoms. The van der Waals surface area contributed by atoms with Crippen LogP contribution in [0.1, 0.15) is 25.0 Å². The topological polar surface area (TPSA) is 37.0 Å². The van der Waals surface area contributed by atoms with Crippen LogP contribution in [0.5, 0.6) is 0 Å². The molecule has 0 radical (unpaired) electrons. The monoisotopic (exact) mass is 503 g/mol. The zero-order valence-corrected chi connectivity index (χ0v) is 22.1. The molecule has 1 heterocycles. The van der Waals surface area contributed by atoms with Gasteiger partial charge in [-0.05, 0) is 76.6 Å². The second kappa shape index (κ2) is 10.4. The summed E-state index contributed by atoms with van der Waals surface area (Å²) in [6.45, 7) is 4.14. The number of allylic oxidation sites excluding steroid dienone is 4. The average Bonchev–Trinajstić information content (AvgIpc) is 3.38. The standard InChI is InChI=1S/C37H29NO/c1-3-8-25(4-2)32-10-5-6-11-33(32)29-19-17-27(18-20-29)26-13-15-28(16-14-26)30-21-22-35-34(23-30)37-31(24-38)9-7-12-36(37)39-35/h3-24,38H,1-2H3/b8-3-,25-4+,38-24?. The highest BCUT2D eigenvalue weighted by atomic mass is 16.3. The van der Waals surface area contributed by atoms with Gasteiger partial charge < -0.3 is 9.83 Å². The molecule has 0 aliphatic rings. The molecule has 0 atom stereocenters. The Labute approximate surface area is 229 Å². The molecule has 0 bridgehead atoms. The van der Waals surface area contributed by atoms with Crippen molar-refractivity contribution < 1.29 is 4.42 Å². The summed E-state index contributed by atoms with van der Waals surface area (Å²) in [5, 5.41) is 9.84. The van der Waals surface area contributed by atoms with E-state index in [1.165, 1.54) is 39.6 Å². The first-order chi connectivity index (χ1) is 19.2. The lowest BCUT2D eigenvalue weighted by Crippen LogP contribution is -1.88. The van der Waals surface area contributed by atoms with E-state index in [2.05, 4.69) is 117 Å². The fourth-order valence-electron chi connectivity index (χ4n) is 5.36. The van der Waals surface area contributed by atoms with Gasteiger partial charge in [0.25, 0.3) is 0 Å². The number of furan rings is 1.